The summed E-state index contributed by atoms with van der Waals surface area (Å²) in [6.07, 6.45) is 12.4. The maximum atomic E-state index is 6.79. The molecule has 4 heteroatoms. The van der Waals surface area contributed by atoms with Gasteiger partial charge in [-0.1, -0.05) is 31.0 Å². The predicted molar refractivity (Wildman–Crippen MR) is 59.1 cm³/mol. The third-order valence-electron chi connectivity index (χ3n) is 1.64. The van der Waals surface area contributed by atoms with Crippen molar-refractivity contribution >= 4 is 12.3 Å². The van der Waals surface area contributed by atoms with Crippen molar-refractivity contribution in [2.75, 3.05) is 0 Å². The van der Waals surface area contributed by atoms with Crippen molar-refractivity contribution in [1.29, 1.82) is 5.41 Å². The monoisotopic (exact) mass is 195 g/mol. The summed E-state index contributed by atoms with van der Waals surface area (Å²) in [7, 11) is 0. The predicted octanol–water partition coefficient (Wildman–Crippen LogP) is 0.0952. The van der Waals surface area contributed by atoms with Gasteiger partial charge in [0.15, 0.2) is 0 Å². The molecule has 15 heavy (non-hydrogen) atoms. The summed E-state index contributed by atoms with van der Waals surface area (Å²) >= 11 is 0. The standard InChI is InChI=1S/C11H12N2.Li.H2N/c1-2-4-10-7-11(5-3-6-12)9-13-8-10;;/h2,4,7-8,12H,3,5H2,1H3;;1H2/q-2;+1;-1/b4-2+;;. The van der Waals surface area contributed by atoms with Crippen LogP contribution in [-0.4, -0.2) is 11.2 Å². The third kappa shape index (κ3) is 6.24. The van der Waals surface area contributed by atoms with Crippen molar-refractivity contribution < 1.29 is 18.9 Å². The van der Waals surface area contributed by atoms with Crippen molar-refractivity contribution in [3.8, 4) is 0 Å². The molecule has 0 fully saturated rings. The Labute approximate surface area is 103 Å². The van der Waals surface area contributed by atoms with Gasteiger partial charge in [-0.2, -0.15) is 12.5 Å². The number of nitrogens with one attached hydrogen (secondary N) is 1. The zero-order chi connectivity index (χ0) is 9.52. The molecule has 1 aromatic heterocycles. The van der Waals surface area contributed by atoms with E-state index in [2.05, 4.69) is 17.4 Å². The molecule has 0 aromatic carbocycles. The van der Waals surface area contributed by atoms with Crippen LogP contribution in [0.5, 0.6) is 0 Å². The van der Waals surface area contributed by atoms with Gasteiger partial charge < -0.3 is 22.8 Å². The van der Waals surface area contributed by atoms with Crippen molar-refractivity contribution in [2.24, 2.45) is 0 Å². The van der Waals surface area contributed by atoms with E-state index in [0.717, 1.165) is 17.5 Å². The van der Waals surface area contributed by atoms with Crippen LogP contribution in [0.25, 0.3) is 12.2 Å². The number of nitrogens with two attached hydrogens (primary N) is 1. The van der Waals surface area contributed by atoms with Crippen molar-refractivity contribution in [2.45, 2.75) is 19.8 Å². The fraction of sp³-hybridized carbons (Fsp3) is 0.273. The average Bonchev–Trinajstić information content (AvgIpc) is 2.16. The van der Waals surface area contributed by atoms with Crippen molar-refractivity contribution in [1.82, 2.24) is 4.98 Å². The number of hydrogen-bond acceptors (Lipinski definition) is 2. The van der Waals surface area contributed by atoms with Crippen LogP contribution in [0.2, 0.25) is 0 Å². The van der Waals surface area contributed by atoms with Crippen LogP contribution in [0.1, 0.15) is 24.5 Å². The second kappa shape index (κ2) is 9.66. The third-order valence-corrected chi connectivity index (χ3v) is 1.64. The Hall–Kier alpha value is -0.883. The Morgan fingerprint density at radius 2 is 2.33 bits per heavy atom. The molecule has 0 atom stereocenters. The summed E-state index contributed by atoms with van der Waals surface area (Å²) < 4.78 is 0. The first-order valence-electron chi connectivity index (χ1n) is 4.25. The van der Waals surface area contributed by atoms with E-state index in [4.69, 9.17) is 5.41 Å². The summed E-state index contributed by atoms with van der Waals surface area (Å²) in [5.74, 6) is 0. The number of aromatic nitrogens is 1. The Morgan fingerprint density at radius 3 is 2.93 bits per heavy atom. The Bertz CT molecular complexity index is 310. The van der Waals surface area contributed by atoms with E-state index in [0.29, 0.717) is 6.42 Å². The second-order valence-electron chi connectivity index (χ2n) is 2.72. The molecule has 0 bridgehead atoms. The molecule has 0 unspecified atom stereocenters. The maximum Gasteiger partial charge on any atom is 1.00 e. The van der Waals surface area contributed by atoms with Gasteiger partial charge in [0.25, 0.3) is 0 Å². The van der Waals surface area contributed by atoms with E-state index in [-0.39, 0.29) is 25.0 Å². The molecule has 0 aliphatic carbocycles. The van der Waals surface area contributed by atoms with E-state index in [1.54, 1.807) is 6.20 Å². The summed E-state index contributed by atoms with van der Waals surface area (Å²) in [4.78, 5) is 3.99. The Balaban J connectivity index is 0. The molecule has 3 nitrogen and oxygen atoms in total. The van der Waals surface area contributed by atoms with Crippen LogP contribution < -0.4 is 18.9 Å². The Morgan fingerprint density at radius 1 is 1.60 bits per heavy atom. The van der Waals surface area contributed by atoms with Gasteiger partial charge in [0, 0.05) is 0 Å². The van der Waals surface area contributed by atoms with E-state index in [1.165, 1.54) is 0 Å². The van der Waals surface area contributed by atoms with Crippen LogP contribution in [-0.2, 0) is 6.42 Å². The molecule has 0 aliphatic heterocycles. The van der Waals surface area contributed by atoms with Gasteiger partial charge in [-0.05, 0) is 6.92 Å². The molecule has 0 radical (unpaired) electrons. The minimum atomic E-state index is 0. The van der Waals surface area contributed by atoms with E-state index in [1.807, 2.05) is 25.1 Å². The number of allylic oxidation sites excluding steroid dienone is 1. The molecule has 3 N–H and O–H groups in total. The van der Waals surface area contributed by atoms with Gasteiger partial charge in [-0.25, -0.2) is 0 Å². The molecule has 76 valence electrons. The summed E-state index contributed by atoms with van der Waals surface area (Å²) in [6.45, 7) is 1.97. The topological polar surface area (TPSA) is 70.2 Å². The van der Waals surface area contributed by atoms with Crippen LogP contribution in [0, 0.1) is 11.6 Å². The minimum absolute atomic E-state index is 0. The van der Waals surface area contributed by atoms with E-state index < -0.39 is 0 Å². The van der Waals surface area contributed by atoms with Crippen molar-refractivity contribution in [3.05, 3.63) is 41.8 Å². The number of hydrogen-bond donors (Lipinski definition) is 1. The van der Waals surface area contributed by atoms with Gasteiger partial charge in [0.1, 0.15) is 0 Å². The van der Waals surface area contributed by atoms with Crippen molar-refractivity contribution in [3.63, 3.8) is 0 Å². The smallest absolute Gasteiger partial charge is 0.693 e. The summed E-state index contributed by atoms with van der Waals surface area (Å²) in [5.41, 5.74) is 2.12. The fourth-order valence-corrected chi connectivity index (χ4v) is 1.07. The second-order valence-corrected chi connectivity index (χ2v) is 2.72. The number of rotatable bonds is 4. The molecule has 0 saturated carbocycles. The zero-order valence-corrected chi connectivity index (χ0v) is 9.25. The van der Waals surface area contributed by atoms with Crippen LogP contribution in [0.3, 0.4) is 0 Å². The fourth-order valence-electron chi connectivity index (χ4n) is 1.07. The summed E-state index contributed by atoms with van der Waals surface area (Å²) in [5, 5.41) is 6.79. The van der Waals surface area contributed by atoms with E-state index in [9.17, 15) is 0 Å². The normalized spacial score (nSPS) is 9.13. The quantitative estimate of drug-likeness (QED) is 0.413. The zero-order valence-electron chi connectivity index (χ0n) is 9.25. The maximum absolute atomic E-state index is 6.79. The first kappa shape index (κ1) is 16.5. The molecule has 1 rings (SSSR count). The largest absolute Gasteiger partial charge is 1.00 e. The number of pyridine rings is 1. The van der Waals surface area contributed by atoms with Gasteiger partial charge in [-0.3, -0.25) is 0 Å². The van der Waals surface area contributed by atoms with Crippen LogP contribution in [0.4, 0.5) is 0 Å². The average molecular weight is 195 g/mol. The summed E-state index contributed by atoms with van der Waals surface area (Å²) in [6, 6.07) is 2.03. The molecule has 1 heterocycles. The molecular formula is C11H14LiN3-2. The van der Waals surface area contributed by atoms with Gasteiger partial charge in [0.05, 0.1) is 0 Å². The first-order chi connectivity index (χ1) is 6.36. The van der Waals surface area contributed by atoms with Crippen LogP contribution >= 0.6 is 0 Å². The number of nitrogens with zero attached hydrogens (tertiary/aromatic N) is 1. The molecular weight excluding hydrogens is 181 g/mol. The van der Waals surface area contributed by atoms with Gasteiger partial charge in [-0.15, -0.1) is 11.1 Å². The minimum Gasteiger partial charge on any atom is -0.693 e. The first-order valence-corrected chi connectivity index (χ1v) is 4.25. The number of aryl methyl sites for hydroxylation is 1. The van der Waals surface area contributed by atoms with Gasteiger partial charge >= 0.3 is 18.9 Å². The van der Waals surface area contributed by atoms with Crippen LogP contribution in [0.15, 0.2) is 18.3 Å². The Kier molecular flexibility index (Phi) is 10.7. The molecule has 0 aliphatic rings. The molecule has 1 aromatic rings. The van der Waals surface area contributed by atoms with E-state index >= 15 is 0 Å². The molecule has 0 spiro atoms. The van der Waals surface area contributed by atoms with Gasteiger partial charge in [0.2, 0.25) is 0 Å². The molecule has 0 saturated heterocycles. The molecule has 0 amide bonds. The SMILES string of the molecule is C/C=C/c1cn[c-]c(CC[C-]=N)c1.[Li+].[NH2-].